The average Bonchev–Trinajstić information content (AvgIpc) is 3.87. The van der Waals surface area contributed by atoms with E-state index in [-0.39, 0.29) is 42.7 Å². The van der Waals surface area contributed by atoms with Gasteiger partial charge in [0.1, 0.15) is 11.4 Å². The summed E-state index contributed by atoms with van der Waals surface area (Å²) in [6.07, 6.45) is 11.1. The number of azide groups is 1. The fourth-order valence-electron chi connectivity index (χ4n) is 5.14. The molecule has 0 atom stereocenters. The van der Waals surface area contributed by atoms with Crippen LogP contribution in [0.5, 0.6) is 0 Å². The van der Waals surface area contributed by atoms with Gasteiger partial charge in [0.15, 0.2) is 11.6 Å². The van der Waals surface area contributed by atoms with Gasteiger partial charge in [-0.15, -0.1) is 0 Å². The molecule has 0 spiro atoms. The molecule has 19 heteroatoms. The number of unbranched alkanes of at least 4 members (excludes halogenated alkanes) is 3. The Labute approximate surface area is 293 Å². The lowest BCUT2D eigenvalue weighted by Gasteiger charge is -2.08. The summed E-state index contributed by atoms with van der Waals surface area (Å²) < 4.78 is 11.5. The molecule has 0 radical (unpaired) electrons. The third-order valence-corrected chi connectivity index (χ3v) is 7.61. The summed E-state index contributed by atoms with van der Waals surface area (Å²) in [7, 11) is 4.95. The molecule has 0 aliphatic rings. The van der Waals surface area contributed by atoms with E-state index in [9.17, 15) is 24.0 Å². The third-order valence-electron chi connectivity index (χ3n) is 7.61. The zero-order valence-corrected chi connectivity index (χ0v) is 28.9. The highest BCUT2D eigenvalue weighted by Crippen LogP contribution is 2.19. The van der Waals surface area contributed by atoms with Crippen LogP contribution in [0.25, 0.3) is 10.4 Å². The molecule has 4 amide bonds. The number of carbonyl (C=O) groups is 5. The Hall–Kier alpha value is -6.36. The van der Waals surface area contributed by atoms with Gasteiger partial charge in [0.25, 0.3) is 17.7 Å². The maximum absolute atomic E-state index is 13.1. The van der Waals surface area contributed by atoms with E-state index in [4.69, 9.17) is 10.3 Å². The molecule has 4 rings (SSSR count). The summed E-state index contributed by atoms with van der Waals surface area (Å²) >= 11 is 0. The van der Waals surface area contributed by atoms with Crippen molar-refractivity contribution in [2.75, 3.05) is 35.6 Å². The van der Waals surface area contributed by atoms with Gasteiger partial charge in [0.05, 0.1) is 18.0 Å². The summed E-state index contributed by atoms with van der Waals surface area (Å²) in [5.41, 5.74) is 9.74. The highest BCUT2D eigenvalue weighted by Gasteiger charge is 2.20. The molecule has 0 unspecified atom stereocenters. The maximum Gasteiger partial charge on any atom is 0.355 e. The molecule has 0 saturated heterocycles. The Balaban J connectivity index is 1.27. The van der Waals surface area contributed by atoms with E-state index in [1.807, 2.05) is 0 Å². The molecule has 270 valence electrons. The zero-order chi connectivity index (χ0) is 36.9. The molecule has 0 bridgehead atoms. The van der Waals surface area contributed by atoms with Crippen molar-refractivity contribution in [1.82, 2.24) is 33.6 Å². The maximum atomic E-state index is 13.1. The lowest BCUT2D eigenvalue weighted by molar-refractivity contribution is -0.116. The Kier molecular flexibility index (Phi) is 13.1. The average molecular weight is 704 g/mol. The first-order chi connectivity index (χ1) is 24.5. The molecule has 19 nitrogen and oxygen atoms in total. The second-order valence-electron chi connectivity index (χ2n) is 11.5. The molecule has 4 heterocycles. The Morgan fingerprint density at radius 3 is 2.25 bits per heavy atom. The first-order valence-electron chi connectivity index (χ1n) is 16.3. The van der Waals surface area contributed by atoms with Crippen LogP contribution in [-0.2, 0) is 37.2 Å². The van der Waals surface area contributed by atoms with Crippen molar-refractivity contribution in [3.05, 3.63) is 76.6 Å². The van der Waals surface area contributed by atoms with Gasteiger partial charge in [-0.05, 0) is 37.4 Å². The van der Waals surface area contributed by atoms with Crippen molar-refractivity contribution in [2.24, 2.45) is 26.3 Å². The summed E-state index contributed by atoms with van der Waals surface area (Å²) in [4.78, 5) is 74.6. The van der Waals surface area contributed by atoms with Gasteiger partial charge in [-0.1, -0.05) is 18.0 Å². The van der Waals surface area contributed by atoms with Crippen LogP contribution in [0.1, 0.15) is 81.2 Å². The SMILES string of the molecule is CCOC(=O)c1cc(NC(=O)c2nc(NC(=O)CCNC(=O)c3cc(NC(=O)c4nccn4C)cn3C)cn2C)cn1CCCCCCN=[N+]=[N-]. The number of esters is 1. The predicted octanol–water partition coefficient (Wildman–Crippen LogP) is 3.60. The number of anilines is 3. The van der Waals surface area contributed by atoms with Gasteiger partial charge in [-0.25, -0.2) is 14.8 Å². The van der Waals surface area contributed by atoms with E-state index in [0.29, 0.717) is 30.2 Å². The van der Waals surface area contributed by atoms with E-state index in [2.05, 4.69) is 41.3 Å². The van der Waals surface area contributed by atoms with Crippen LogP contribution in [0.3, 0.4) is 0 Å². The number of imidazole rings is 2. The first kappa shape index (κ1) is 37.5. The molecule has 4 aromatic rings. The monoisotopic (exact) mass is 703 g/mol. The van der Waals surface area contributed by atoms with Crippen molar-refractivity contribution >= 4 is 46.8 Å². The number of aromatic nitrogens is 6. The van der Waals surface area contributed by atoms with Crippen LogP contribution in [0.15, 0.2) is 48.2 Å². The molecule has 0 fully saturated rings. The topological polar surface area (TPSA) is 237 Å². The quantitative estimate of drug-likeness (QED) is 0.0392. The minimum absolute atomic E-state index is 0.0126. The first-order valence-corrected chi connectivity index (χ1v) is 16.3. The smallest absolute Gasteiger partial charge is 0.355 e. The van der Waals surface area contributed by atoms with Crippen LogP contribution in [-0.4, -0.2) is 77.5 Å². The summed E-state index contributed by atoms with van der Waals surface area (Å²) in [6.45, 7) is 2.87. The lowest BCUT2D eigenvalue weighted by Crippen LogP contribution is -2.29. The van der Waals surface area contributed by atoms with Crippen LogP contribution < -0.4 is 21.3 Å². The number of aryl methyl sites for hydroxylation is 4. The Bertz CT molecular complexity index is 1930. The number of hydrogen-bond acceptors (Lipinski definition) is 9. The normalized spacial score (nSPS) is 10.7. The fourth-order valence-corrected chi connectivity index (χ4v) is 5.14. The predicted molar refractivity (Wildman–Crippen MR) is 186 cm³/mol. The molecule has 0 aromatic carbocycles. The Morgan fingerprint density at radius 1 is 0.843 bits per heavy atom. The summed E-state index contributed by atoms with van der Waals surface area (Å²) in [5.74, 6) is -2.01. The van der Waals surface area contributed by atoms with Gasteiger partial charge >= 0.3 is 5.97 Å². The zero-order valence-electron chi connectivity index (χ0n) is 28.9. The summed E-state index contributed by atoms with van der Waals surface area (Å²) in [6, 6.07) is 3.05. The minimum atomic E-state index is -0.561. The molecular weight excluding hydrogens is 662 g/mol. The van der Waals surface area contributed by atoms with Crippen molar-refractivity contribution < 1.29 is 28.7 Å². The van der Waals surface area contributed by atoms with Crippen molar-refractivity contribution in [1.29, 1.82) is 0 Å². The number of ether oxygens (including phenoxy) is 1. The number of hydrogen-bond donors (Lipinski definition) is 4. The van der Waals surface area contributed by atoms with Crippen molar-refractivity contribution in [3.8, 4) is 0 Å². The lowest BCUT2D eigenvalue weighted by atomic mass is 10.2. The van der Waals surface area contributed by atoms with E-state index >= 15 is 0 Å². The molecule has 0 aliphatic heterocycles. The van der Waals surface area contributed by atoms with Gasteiger partial charge in [-0.2, -0.15) is 0 Å². The van der Waals surface area contributed by atoms with Gasteiger partial charge in [0, 0.05) is 83.1 Å². The largest absolute Gasteiger partial charge is 0.461 e. The minimum Gasteiger partial charge on any atom is -0.461 e. The van der Waals surface area contributed by atoms with Crippen molar-refractivity contribution in [3.63, 3.8) is 0 Å². The molecule has 4 N–H and O–H groups in total. The molecule has 0 saturated carbocycles. The number of rotatable bonds is 18. The number of carbonyl (C=O) groups excluding carboxylic acids is 5. The molecule has 51 heavy (non-hydrogen) atoms. The van der Waals surface area contributed by atoms with Crippen LogP contribution in [0, 0.1) is 0 Å². The molecule has 0 aliphatic carbocycles. The third kappa shape index (κ3) is 10.3. The van der Waals surface area contributed by atoms with Crippen LogP contribution in [0.2, 0.25) is 0 Å². The highest BCUT2D eigenvalue weighted by atomic mass is 16.5. The van der Waals surface area contributed by atoms with E-state index < -0.39 is 29.6 Å². The number of nitrogens with one attached hydrogen (secondary N) is 4. The van der Waals surface area contributed by atoms with Gasteiger partial charge in [0.2, 0.25) is 11.7 Å². The van der Waals surface area contributed by atoms with E-state index in [1.54, 1.807) is 60.4 Å². The van der Waals surface area contributed by atoms with E-state index in [0.717, 1.165) is 25.7 Å². The Morgan fingerprint density at radius 2 is 1.55 bits per heavy atom. The highest BCUT2D eigenvalue weighted by molar-refractivity contribution is 6.04. The van der Waals surface area contributed by atoms with Crippen molar-refractivity contribution in [2.45, 2.75) is 45.6 Å². The fraction of sp³-hybridized carbons (Fsp3) is 0.406. The number of nitrogens with zero attached hydrogens (tertiary/aromatic N) is 9. The second kappa shape index (κ2) is 17.9. The van der Waals surface area contributed by atoms with E-state index in [1.165, 1.54) is 29.1 Å². The second-order valence-corrected chi connectivity index (χ2v) is 11.5. The number of amides is 4. The van der Waals surface area contributed by atoms with Crippen LogP contribution >= 0.6 is 0 Å². The molecule has 4 aromatic heterocycles. The molecular formula is C32H41N13O6. The van der Waals surface area contributed by atoms with Gasteiger partial charge in [-0.3, -0.25) is 19.2 Å². The summed E-state index contributed by atoms with van der Waals surface area (Å²) in [5, 5.41) is 14.3. The van der Waals surface area contributed by atoms with Crippen LogP contribution in [0.4, 0.5) is 17.2 Å². The van der Waals surface area contributed by atoms with Gasteiger partial charge < -0.3 is 44.3 Å². The standard InChI is InChI=1S/C32H41N13O6/c1-5-51-32(50)24-17-22(19-45(24)14-9-7-6-8-11-36-41-33)38-31(49)28-40-25(20-44(28)4)39-26(46)10-12-35-29(47)23-16-21(18-43(23)3)37-30(48)27-34-13-15-42(27)2/h13,15-20H,5-12,14H2,1-4H3,(H,35,47)(H,37,48)(H,38,49)(H,39,46).